The molecule has 0 unspecified atom stereocenters. The van der Waals surface area contributed by atoms with Gasteiger partial charge in [-0.05, 0) is 43.9 Å². The smallest absolute Gasteiger partial charge is 0.186 e. The maximum atomic E-state index is 5.63. The lowest BCUT2D eigenvalue weighted by molar-refractivity contribution is 0.386. The van der Waals surface area contributed by atoms with Gasteiger partial charge in [0.2, 0.25) is 0 Å². The van der Waals surface area contributed by atoms with Crippen molar-refractivity contribution in [2.24, 2.45) is 11.7 Å². The molecule has 0 aliphatic carbocycles. The molecule has 1 aliphatic rings. The molecule has 0 radical (unpaired) electrons. The number of para-hydroxylation sites is 1. The van der Waals surface area contributed by atoms with Crippen LogP contribution < -0.4 is 10.6 Å². The molecule has 18 heavy (non-hydrogen) atoms. The van der Waals surface area contributed by atoms with Crippen LogP contribution in [-0.4, -0.2) is 24.6 Å². The van der Waals surface area contributed by atoms with Crippen LogP contribution in [0.4, 0.5) is 5.13 Å². The summed E-state index contributed by atoms with van der Waals surface area (Å²) < 4.78 is 1.29. The number of nitrogens with two attached hydrogens (primary N) is 1. The van der Waals surface area contributed by atoms with Gasteiger partial charge < -0.3 is 10.6 Å². The van der Waals surface area contributed by atoms with Gasteiger partial charge in [0.1, 0.15) is 0 Å². The zero-order valence-corrected chi connectivity index (χ0v) is 11.3. The van der Waals surface area contributed by atoms with E-state index in [4.69, 9.17) is 10.7 Å². The van der Waals surface area contributed by atoms with Gasteiger partial charge in [0.05, 0.1) is 10.2 Å². The molecule has 0 saturated carbocycles. The van der Waals surface area contributed by atoms with Crippen molar-refractivity contribution in [2.75, 3.05) is 24.5 Å². The van der Waals surface area contributed by atoms with E-state index in [-0.39, 0.29) is 0 Å². The fraction of sp³-hybridized carbons (Fsp3) is 0.500. The second kappa shape index (κ2) is 5.24. The van der Waals surface area contributed by atoms with Crippen LogP contribution in [0, 0.1) is 5.92 Å². The van der Waals surface area contributed by atoms with Crippen molar-refractivity contribution in [1.29, 1.82) is 0 Å². The molecule has 0 atom stereocenters. The third kappa shape index (κ3) is 2.35. The van der Waals surface area contributed by atoms with E-state index >= 15 is 0 Å². The number of anilines is 1. The first-order valence-electron chi connectivity index (χ1n) is 6.67. The largest absolute Gasteiger partial charge is 0.348 e. The van der Waals surface area contributed by atoms with Gasteiger partial charge in [-0.1, -0.05) is 23.5 Å². The molecule has 2 N–H and O–H groups in total. The van der Waals surface area contributed by atoms with Gasteiger partial charge in [0.25, 0.3) is 0 Å². The first-order valence-corrected chi connectivity index (χ1v) is 7.49. The molecule has 0 bridgehead atoms. The molecule has 96 valence electrons. The minimum absolute atomic E-state index is 0.820. The van der Waals surface area contributed by atoms with Crippen LogP contribution in [0.15, 0.2) is 24.3 Å². The second-order valence-electron chi connectivity index (χ2n) is 4.97. The Morgan fingerprint density at radius 1 is 1.28 bits per heavy atom. The van der Waals surface area contributed by atoms with Gasteiger partial charge in [-0.3, -0.25) is 0 Å². The van der Waals surface area contributed by atoms with Crippen LogP contribution in [0.2, 0.25) is 0 Å². The van der Waals surface area contributed by atoms with E-state index in [1.807, 2.05) is 11.3 Å². The van der Waals surface area contributed by atoms with E-state index in [9.17, 15) is 0 Å². The van der Waals surface area contributed by atoms with Crippen LogP contribution in [0.3, 0.4) is 0 Å². The molecule has 1 aromatic heterocycles. The maximum absolute atomic E-state index is 5.63. The highest BCUT2D eigenvalue weighted by Crippen LogP contribution is 2.31. The normalized spacial score (nSPS) is 17.5. The summed E-state index contributed by atoms with van der Waals surface area (Å²) >= 11 is 1.81. The van der Waals surface area contributed by atoms with Crippen molar-refractivity contribution in [3.63, 3.8) is 0 Å². The summed E-state index contributed by atoms with van der Waals surface area (Å²) in [6.07, 6.45) is 3.69. The van der Waals surface area contributed by atoms with Gasteiger partial charge in [-0.25, -0.2) is 4.98 Å². The number of hydrogen-bond acceptors (Lipinski definition) is 4. The molecule has 1 aromatic carbocycles. The molecule has 0 spiro atoms. The van der Waals surface area contributed by atoms with Crippen LogP contribution in [-0.2, 0) is 0 Å². The summed E-state index contributed by atoms with van der Waals surface area (Å²) in [6, 6.07) is 8.38. The standard InChI is InChI=1S/C14H19N3S/c15-8-5-11-6-9-17(10-7-11)14-16-12-3-1-2-4-13(12)18-14/h1-4,11H,5-10,15H2. The van der Waals surface area contributed by atoms with Crippen molar-refractivity contribution in [1.82, 2.24) is 4.98 Å². The molecule has 2 heterocycles. The quantitative estimate of drug-likeness (QED) is 0.923. The number of rotatable bonds is 3. The lowest BCUT2D eigenvalue weighted by atomic mass is 9.94. The first kappa shape index (κ1) is 11.9. The monoisotopic (exact) mass is 261 g/mol. The molecule has 1 saturated heterocycles. The zero-order chi connectivity index (χ0) is 12.4. The van der Waals surface area contributed by atoms with Crippen LogP contribution in [0.5, 0.6) is 0 Å². The topological polar surface area (TPSA) is 42.1 Å². The number of hydrogen-bond donors (Lipinski definition) is 1. The molecule has 0 amide bonds. The van der Waals surface area contributed by atoms with Gasteiger partial charge in [0.15, 0.2) is 5.13 Å². The van der Waals surface area contributed by atoms with Crippen LogP contribution >= 0.6 is 11.3 Å². The molecular formula is C14H19N3S. The number of piperidine rings is 1. The van der Waals surface area contributed by atoms with Crippen molar-refractivity contribution in [3.8, 4) is 0 Å². The number of benzene rings is 1. The Kier molecular flexibility index (Phi) is 3.48. The molecule has 3 rings (SSSR count). The lowest BCUT2D eigenvalue weighted by Gasteiger charge is -2.31. The summed E-state index contributed by atoms with van der Waals surface area (Å²) in [5.41, 5.74) is 6.76. The first-order chi connectivity index (χ1) is 8.86. The number of thiazole rings is 1. The lowest BCUT2D eigenvalue weighted by Crippen LogP contribution is -2.34. The van der Waals surface area contributed by atoms with Gasteiger partial charge in [0, 0.05) is 13.1 Å². The minimum atomic E-state index is 0.820. The van der Waals surface area contributed by atoms with E-state index < -0.39 is 0 Å². The molecular weight excluding hydrogens is 242 g/mol. The summed E-state index contributed by atoms with van der Waals surface area (Å²) in [5, 5.41) is 1.18. The van der Waals surface area contributed by atoms with E-state index in [0.717, 1.165) is 31.1 Å². The van der Waals surface area contributed by atoms with E-state index in [2.05, 4.69) is 29.2 Å². The Morgan fingerprint density at radius 3 is 2.78 bits per heavy atom. The number of aromatic nitrogens is 1. The highest BCUT2D eigenvalue weighted by molar-refractivity contribution is 7.22. The van der Waals surface area contributed by atoms with Gasteiger partial charge >= 0.3 is 0 Å². The molecule has 2 aromatic rings. The van der Waals surface area contributed by atoms with E-state index in [1.165, 1.54) is 29.1 Å². The van der Waals surface area contributed by atoms with Gasteiger partial charge in [-0.15, -0.1) is 0 Å². The SMILES string of the molecule is NCCC1CCN(c2nc3ccccc3s2)CC1. The van der Waals surface area contributed by atoms with Crippen molar-refractivity contribution >= 4 is 26.7 Å². The summed E-state index contributed by atoms with van der Waals surface area (Å²) in [4.78, 5) is 7.16. The fourth-order valence-electron chi connectivity index (χ4n) is 2.64. The molecule has 1 fully saturated rings. The van der Waals surface area contributed by atoms with Crippen molar-refractivity contribution in [2.45, 2.75) is 19.3 Å². The number of fused-ring (bicyclic) bond motifs is 1. The minimum Gasteiger partial charge on any atom is -0.348 e. The zero-order valence-electron chi connectivity index (χ0n) is 10.5. The van der Waals surface area contributed by atoms with E-state index in [0.29, 0.717) is 0 Å². The van der Waals surface area contributed by atoms with Crippen LogP contribution in [0.1, 0.15) is 19.3 Å². The van der Waals surface area contributed by atoms with Gasteiger partial charge in [-0.2, -0.15) is 0 Å². The predicted molar refractivity (Wildman–Crippen MR) is 78.2 cm³/mol. The summed E-state index contributed by atoms with van der Waals surface area (Å²) in [5.74, 6) is 0.820. The summed E-state index contributed by atoms with van der Waals surface area (Å²) in [6.45, 7) is 3.08. The average Bonchev–Trinajstić information content (AvgIpc) is 2.84. The maximum Gasteiger partial charge on any atom is 0.186 e. The third-order valence-corrected chi connectivity index (χ3v) is 4.84. The highest BCUT2D eigenvalue weighted by atomic mass is 32.1. The van der Waals surface area contributed by atoms with Crippen LogP contribution in [0.25, 0.3) is 10.2 Å². The van der Waals surface area contributed by atoms with E-state index in [1.54, 1.807) is 0 Å². The predicted octanol–water partition coefficient (Wildman–Crippen LogP) is 2.86. The third-order valence-electron chi connectivity index (χ3n) is 3.74. The molecule has 1 aliphatic heterocycles. The second-order valence-corrected chi connectivity index (χ2v) is 5.98. The Balaban J connectivity index is 1.72. The van der Waals surface area contributed by atoms with Crippen molar-refractivity contribution < 1.29 is 0 Å². The highest BCUT2D eigenvalue weighted by Gasteiger charge is 2.20. The Hall–Kier alpha value is -1.13. The van der Waals surface area contributed by atoms with Crippen molar-refractivity contribution in [3.05, 3.63) is 24.3 Å². The Morgan fingerprint density at radius 2 is 2.06 bits per heavy atom. The Labute approximate surface area is 112 Å². The molecule has 4 heteroatoms. The average molecular weight is 261 g/mol. The molecule has 3 nitrogen and oxygen atoms in total. The Bertz CT molecular complexity index is 481. The summed E-state index contributed by atoms with van der Waals surface area (Å²) in [7, 11) is 0. The fourth-order valence-corrected chi connectivity index (χ4v) is 3.66. The number of nitrogens with zero attached hydrogens (tertiary/aromatic N) is 2.